The highest BCUT2D eigenvalue weighted by Gasteiger charge is 2.29. The Labute approximate surface area is 118 Å². The monoisotopic (exact) mass is 282 g/mol. The number of nitrogens with two attached hydrogens (primary N) is 1. The van der Waals surface area contributed by atoms with E-state index < -0.39 is 5.97 Å². The van der Waals surface area contributed by atoms with E-state index in [-0.39, 0.29) is 17.9 Å². The minimum atomic E-state index is -0.443. The summed E-state index contributed by atoms with van der Waals surface area (Å²) in [5.41, 5.74) is 6.69. The maximum Gasteiger partial charge on any atom is 0.374 e. The molecule has 1 saturated heterocycles. The van der Waals surface area contributed by atoms with E-state index in [1.807, 2.05) is 6.07 Å². The summed E-state index contributed by atoms with van der Waals surface area (Å²) in [6.45, 7) is 2.11. The quantitative estimate of drug-likeness (QED) is 0.812. The number of methoxy groups -OCH3 is 2. The van der Waals surface area contributed by atoms with Crippen LogP contribution in [0.15, 0.2) is 16.7 Å². The van der Waals surface area contributed by atoms with E-state index >= 15 is 0 Å². The van der Waals surface area contributed by atoms with Gasteiger partial charge in [0.2, 0.25) is 5.76 Å². The van der Waals surface area contributed by atoms with E-state index in [2.05, 4.69) is 4.90 Å². The van der Waals surface area contributed by atoms with Gasteiger partial charge in [-0.3, -0.25) is 4.90 Å². The van der Waals surface area contributed by atoms with Crippen LogP contribution in [0.2, 0.25) is 0 Å². The Morgan fingerprint density at radius 3 is 3.00 bits per heavy atom. The Balaban J connectivity index is 2.06. The maximum atomic E-state index is 11.6. The Morgan fingerprint density at radius 1 is 1.55 bits per heavy atom. The van der Waals surface area contributed by atoms with Crippen molar-refractivity contribution in [2.45, 2.75) is 31.5 Å². The molecule has 0 amide bonds. The fourth-order valence-electron chi connectivity index (χ4n) is 2.68. The van der Waals surface area contributed by atoms with Crippen molar-refractivity contribution in [1.82, 2.24) is 4.90 Å². The average molecular weight is 282 g/mol. The zero-order chi connectivity index (χ0) is 14.5. The summed E-state index contributed by atoms with van der Waals surface area (Å²) >= 11 is 0. The summed E-state index contributed by atoms with van der Waals surface area (Å²) in [5, 5.41) is 0. The molecule has 2 atom stereocenters. The Bertz CT molecular complexity index is 446. The molecule has 1 aromatic rings. The highest BCUT2D eigenvalue weighted by molar-refractivity contribution is 5.87. The second-order valence-corrected chi connectivity index (χ2v) is 5.01. The van der Waals surface area contributed by atoms with Gasteiger partial charge in [-0.25, -0.2) is 4.79 Å². The van der Waals surface area contributed by atoms with Crippen molar-refractivity contribution in [1.29, 1.82) is 0 Å². The molecule has 1 aliphatic rings. The number of furan rings is 1. The van der Waals surface area contributed by atoms with Crippen LogP contribution in [0, 0.1) is 0 Å². The number of esters is 1. The largest absolute Gasteiger partial charge is 0.463 e. The third-order valence-electron chi connectivity index (χ3n) is 3.89. The number of ether oxygens (including phenoxy) is 2. The molecule has 6 heteroatoms. The van der Waals surface area contributed by atoms with Gasteiger partial charge in [-0.1, -0.05) is 0 Å². The molecule has 2 N–H and O–H groups in total. The summed E-state index contributed by atoms with van der Waals surface area (Å²) in [6, 6.07) is 2.07. The summed E-state index contributed by atoms with van der Waals surface area (Å²) in [6.07, 6.45) is 3.67. The molecule has 0 aromatic carbocycles. The molecule has 0 bridgehead atoms. The van der Waals surface area contributed by atoms with E-state index in [1.165, 1.54) is 13.4 Å². The lowest BCUT2D eigenvalue weighted by atomic mass is 9.98. The molecule has 0 saturated carbocycles. The molecule has 2 heterocycles. The first-order chi connectivity index (χ1) is 9.69. The van der Waals surface area contributed by atoms with Gasteiger partial charge in [-0.05, 0) is 18.9 Å². The number of carbonyl (C=O) groups is 1. The van der Waals surface area contributed by atoms with Crippen molar-refractivity contribution in [3.05, 3.63) is 23.7 Å². The molecule has 2 unspecified atom stereocenters. The zero-order valence-corrected chi connectivity index (χ0v) is 12.0. The number of likely N-dealkylation sites (tertiary alicyclic amines) is 1. The topological polar surface area (TPSA) is 77.9 Å². The van der Waals surface area contributed by atoms with Gasteiger partial charge in [0.15, 0.2) is 0 Å². The predicted molar refractivity (Wildman–Crippen MR) is 73.3 cm³/mol. The van der Waals surface area contributed by atoms with Crippen molar-refractivity contribution in [2.24, 2.45) is 5.73 Å². The van der Waals surface area contributed by atoms with Crippen molar-refractivity contribution in [3.63, 3.8) is 0 Å². The molecule has 6 nitrogen and oxygen atoms in total. The highest BCUT2D eigenvalue weighted by Crippen LogP contribution is 2.23. The lowest BCUT2D eigenvalue weighted by Gasteiger charge is -2.38. The smallest absolute Gasteiger partial charge is 0.374 e. The van der Waals surface area contributed by atoms with Crippen molar-refractivity contribution >= 4 is 5.97 Å². The lowest BCUT2D eigenvalue weighted by Crippen LogP contribution is -2.48. The van der Waals surface area contributed by atoms with Crippen LogP contribution >= 0.6 is 0 Å². The number of nitrogens with zero attached hydrogens (tertiary/aromatic N) is 1. The van der Waals surface area contributed by atoms with E-state index in [0.29, 0.717) is 13.1 Å². The number of hydrogen-bond donors (Lipinski definition) is 1. The summed E-state index contributed by atoms with van der Waals surface area (Å²) in [7, 11) is 3.08. The normalized spacial score (nSPS) is 23.8. The molecule has 0 spiro atoms. The molecule has 0 radical (unpaired) electrons. The first-order valence-electron chi connectivity index (χ1n) is 6.81. The third kappa shape index (κ3) is 3.20. The van der Waals surface area contributed by atoms with Crippen LogP contribution in [0.3, 0.4) is 0 Å². The van der Waals surface area contributed by atoms with E-state index in [4.69, 9.17) is 19.6 Å². The van der Waals surface area contributed by atoms with Crippen LogP contribution in [0.4, 0.5) is 0 Å². The van der Waals surface area contributed by atoms with Gasteiger partial charge in [-0.2, -0.15) is 0 Å². The molecule has 20 heavy (non-hydrogen) atoms. The standard InChI is InChI=1S/C14H22N2O4/c1-18-12-3-5-16(11(7-12)8-15)9-10-4-6-20-13(10)14(17)19-2/h4,6,11-12H,3,5,7-9,15H2,1-2H3. The Hall–Kier alpha value is -1.37. The molecule has 1 aliphatic heterocycles. The predicted octanol–water partition coefficient (Wildman–Crippen LogP) is 1.00. The van der Waals surface area contributed by atoms with Gasteiger partial charge in [0.1, 0.15) is 0 Å². The second-order valence-electron chi connectivity index (χ2n) is 5.01. The van der Waals surface area contributed by atoms with Crippen molar-refractivity contribution in [2.75, 3.05) is 27.3 Å². The van der Waals surface area contributed by atoms with Gasteiger partial charge in [0, 0.05) is 38.3 Å². The van der Waals surface area contributed by atoms with Crippen LogP contribution in [-0.2, 0) is 16.0 Å². The molecule has 1 aromatic heterocycles. The first-order valence-corrected chi connectivity index (χ1v) is 6.81. The lowest BCUT2D eigenvalue weighted by molar-refractivity contribution is 0.00986. The summed E-state index contributed by atoms with van der Waals surface area (Å²) < 4.78 is 15.3. The van der Waals surface area contributed by atoms with Crippen LogP contribution in [0.25, 0.3) is 0 Å². The van der Waals surface area contributed by atoms with Crippen LogP contribution in [0.1, 0.15) is 29.0 Å². The molecular formula is C14H22N2O4. The maximum absolute atomic E-state index is 11.6. The zero-order valence-electron chi connectivity index (χ0n) is 12.0. The minimum Gasteiger partial charge on any atom is -0.463 e. The average Bonchev–Trinajstić information content (AvgIpc) is 2.95. The van der Waals surface area contributed by atoms with E-state index in [9.17, 15) is 4.79 Å². The Morgan fingerprint density at radius 2 is 2.35 bits per heavy atom. The van der Waals surface area contributed by atoms with Gasteiger partial charge >= 0.3 is 5.97 Å². The van der Waals surface area contributed by atoms with Crippen LogP contribution < -0.4 is 5.73 Å². The summed E-state index contributed by atoms with van der Waals surface area (Å²) in [5.74, 6) is -0.168. The number of hydrogen-bond acceptors (Lipinski definition) is 6. The molecule has 2 rings (SSSR count). The van der Waals surface area contributed by atoms with E-state index in [1.54, 1.807) is 7.11 Å². The van der Waals surface area contributed by atoms with Gasteiger partial charge in [-0.15, -0.1) is 0 Å². The SMILES string of the molecule is COC(=O)c1occc1CN1CCC(OC)CC1CN. The van der Waals surface area contributed by atoms with Crippen LogP contribution in [0.5, 0.6) is 0 Å². The molecule has 1 fully saturated rings. The second kappa shape index (κ2) is 6.88. The van der Waals surface area contributed by atoms with Crippen molar-refractivity contribution in [3.8, 4) is 0 Å². The molecule has 112 valence electrons. The number of carbonyl (C=O) groups excluding carboxylic acids is 1. The van der Waals surface area contributed by atoms with Gasteiger partial charge < -0.3 is 19.6 Å². The highest BCUT2D eigenvalue weighted by atomic mass is 16.5. The Kier molecular flexibility index (Phi) is 5.17. The van der Waals surface area contributed by atoms with Gasteiger partial charge in [0.25, 0.3) is 0 Å². The van der Waals surface area contributed by atoms with E-state index in [0.717, 1.165) is 24.9 Å². The van der Waals surface area contributed by atoms with Gasteiger partial charge in [0.05, 0.1) is 19.5 Å². The minimum absolute atomic E-state index is 0.258. The summed E-state index contributed by atoms with van der Waals surface area (Å²) in [4.78, 5) is 13.9. The first kappa shape index (κ1) is 15.0. The number of rotatable bonds is 5. The number of piperidine rings is 1. The fourth-order valence-corrected chi connectivity index (χ4v) is 2.68. The molecule has 0 aliphatic carbocycles. The van der Waals surface area contributed by atoms with Crippen molar-refractivity contribution < 1.29 is 18.7 Å². The molecular weight excluding hydrogens is 260 g/mol. The third-order valence-corrected chi connectivity index (χ3v) is 3.89. The van der Waals surface area contributed by atoms with Crippen LogP contribution in [-0.4, -0.2) is 50.3 Å². The fraction of sp³-hybridized carbons (Fsp3) is 0.643.